The summed E-state index contributed by atoms with van der Waals surface area (Å²) in [4.78, 5) is 25.2. The first-order valence-electron chi connectivity index (χ1n) is 8.32. The van der Waals surface area contributed by atoms with E-state index < -0.39 is 12.0 Å². The minimum absolute atomic E-state index is 0.0357. The third-order valence-electron chi connectivity index (χ3n) is 5.09. The first-order chi connectivity index (χ1) is 10.0. The highest BCUT2D eigenvalue weighted by molar-refractivity contribution is 5.83. The van der Waals surface area contributed by atoms with Gasteiger partial charge in [-0.1, -0.05) is 26.7 Å². The Morgan fingerprint density at radius 2 is 1.86 bits per heavy atom. The average molecular weight is 296 g/mol. The van der Waals surface area contributed by atoms with E-state index in [2.05, 4.69) is 12.2 Å². The molecule has 1 aliphatic heterocycles. The number of carboxylic acid groups (broad SMARTS) is 1. The number of carbonyl (C=O) groups is 2. The Bertz CT molecular complexity index is 378. The van der Waals surface area contributed by atoms with Crippen LogP contribution in [0.2, 0.25) is 0 Å². The van der Waals surface area contributed by atoms with E-state index in [0.717, 1.165) is 25.2 Å². The molecule has 0 aromatic rings. The summed E-state index contributed by atoms with van der Waals surface area (Å²) in [6.07, 6.45) is 7.69. The normalized spacial score (nSPS) is 33.0. The van der Waals surface area contributed by atoms with Crippen molar-refractivity contribution in [2.45, 2.75) is 70.9 Å². The van der Waals surface area contributed by atoms with Crippen molar-refractivity contribution < 1.29 is 14.7 Å². The molecule has 5 nitrogen and oxygen atoms in total. The lowest BCUT2D eigenvalue weighted by atomic mass is 9.83. The number of rotatable bonds is 4. The SMILES string of the molecule is CCCC1CCC(NC(=O)N2CCC(C)C2C(=O)O)CC1. The second-order valence-electron chi connectivity index (χ2n) is 6.70. The molecule has 0 aromatic carbocycles. The predicted molar refractivity (Wildman–Crippen MR) is 81.1 cm³/mol. The van der Waals surface area contributed by atoms with Crippen LogP contribution < -0.4 is 5.32 Å². The van der Waals surface area contributed by atoms with Gasteiger partial charge in [-0.25, -0.2) is 9.59 Å². The number of hydrogen-bond acceptors (Lipinski definition) is 2. The topological polar surface area (TPSA) is 69.6 Å². The molecule has 2 aliphatic rings. The molecule has 1 saturated heterocycles. The fourth-order valence-corrected chi connectivity index (χ4v) is 3.81. The van der Waals surface area contributed by atoms with Crippen molar-refractivity contribution in [2.24, 2.45) is 11.8 Å². The highest BCUT2D eigenvalue weighted by Gasteiger charge is 2.40. The number of carbonyl (C=O) groups excluding carboxylic acids is 1. The summed E-state index contributed by atoms with van der Waals surface area (Å²) in [5.41, 5.74) is 0. The van der Waals surface area contributed by atoms with Gasteiger partial charge in [0.05, 0.1) is 0 Å². The minimum Gasteiger partial charge on any atom is -0.480 e. The van der Waals surface area contributed by atoms with Crippen LogP contribution in [0.15, 0.2) is 0 Å². The maximum absolute atomic E-state index is 12.3. The van der Waals surface area contributed by atoms with Crippen molar-refractivity contribution in [1.82, 2.24) is 10.2 Å². The van der Waals surface area contributed by atoms with E-state index in [0.29, 0.717) is 6.54 Å². The van der Waals surface area contributed by atoms with Crippen molar-refractivity contribution in [3.8, 4) is 0 Å². The van der Waals surface area contributed by atoms with E-state index in [1.807, 2.05) is 6.92 Å². The first kappa shape index (κ1) is 16.1. The van der Waals surface area contributed by atoms with Crippen LogP contribution >= 0.6 is 0 Å². The molecule has 2 unspecified atom stereocenters. The Morgan fingerprint density at radius 3 is 2.43 bits per heavy atom. The molecule has 1 aliphatic carbocycles. The molecule has 0 bridgehead atoms. The van der Waals surface area contributed by atoms with E-state index in [1.165, 1.54) is 30.6 Å². The quantitative estimate of drug-likeness (QED) is 0.838. The highest BCUT2D eigenvalue weighted by atomic mass is 16.4. The molecular formula is C16H28N2O3. The summed E-state index contributed by atoms with van der Waals surface area (Å²) in [6, 6.07) is -0.636. The second kappa shape index (κ2) is 7.14. The zero-order valence-electron chi connectivity index (χ0n) is 13.2. The summed E-state index contributed by atoms with van der Waals surface area (Å²) in [5, 5.41) is 12.3. The van der Waals surface area contributed by atoms with Crippen LogP contribution in [0.4, 0.5) is 4.79 Å². The molecule has 5 heteroatoms. The lowest BCUT2D eigenvalue weighted by Gasteiger charge is -2.31. The highest BCUT2D eigenvalue weighted by Crippen LogP contribution is 2.29. The first-order valence-corrected chi connectivity index (χ1v) is 8.32. The fourth-order valence-electron chi connectivity index (χ4n) is 3.81. The molecule has 1 saturated carbocycles. The van der Waals surface area contributed by atoms with E-state index in [4.69, 9.17) is 0 Å². The molecule has 2 fully saturated rings. The van der Waals surface area contributed by atoms with Gasteiger partial charge < -0.3 is 15.3 Å². The monoisotopic (exact) mass is 296 g/mol. The van der Waals surface area contributed by atoms with Gasteiger partial charge in [0.2, 0.25) is 0 Å². The van der Waals surface area contributed by atoms with E-state index >= 15 is 0 Å². The van der Waals surface area contributed by atoms with E-state index in [9.17, 15) is 14.7 Å². The van der Waals surface area contributed by atoms with Crippen molar-refractivity contribution in [1.29, 1.82) is 0 Å². The molecule has 2 N–H and O–H groups in total. The van der Waals surface area contributed by atoms with Crippen molar-refractivity contribution in [3.05, 3.63) is 0 Å². The largest absolute Gasteiger partial charge is 0.480 e. The Kier molecular flexibility index (Phi) is 5.48. The van der Waals surface area contributed by atoms with Gasteiger partial charge in [0.1, 0.15) is 6.04 Å². The van der Waals surface area contributed by atoms with Crippen LogP contribution in [0.25, 0.3) is 0 Å². The van der Waals surface area contributed by atoms with Gasteiger partial charge in [-0.15, -0.1) is 0 Å². The molecule has 0 aromatic heterocycles. The number of aliphatic carboxylic acids is 1. The van der Waals surface area contributed by atoms with Gasteiger partial charge in [-0.3, -0.25) is 0 Å². The molecule has 120 valence electrons. The summed E-state index contributed by atoms with van der Waals surface area (Å²) in [7, 11) is 0. The average Bonchev–Trinajstić information content (AvgIpc) is 2.83. The van der Waals surface area contributed by atoms with E-state index in [1.54, 1.807) is 0 Å². The molecule has 21 heavy (non-hydrogen) atoms. The summed E-state index contributed by atoms with van der Waals surface area (Å²) in [5.74, 6) is -0.0444. The van der Waals surface area contributed by atoms with Crippen molar-refractivity contribution >= 4 is 12.0 Å². The minimum atomic E-state index is -0.887. The molecule has 2 amide bonds. The lowest BCUT2D eigenvalue weighted by molar-refractivity contribution is -0.142. The fraction of sp³-hybridized carbons (Fsp3) is 0.875. The standard InChI is InChI=1S/C16H28N2O3/c1-3-4-12-5-7-13(8-6-12)17-16(21)18-10-9-11(2)14(18)15(19)20/h11-14H,3-10H2,1-2H3,(H,17,21)(H,19,20). The number of likely N-dealkylation sites (tertiary alicyclic amines) is 1. The molecule has 1 heterocycles. The van der Waals surface area contributed by atoms with Gasteiger partial charge in [0, 0.05) is 12.6 Å². The number of amides is 2. The van der Waals surface area contributed by atoms with Gasteiger partial charge in [0.25, 0.3) is 0 Å². The lowest BCUT2D eigenvalue weighted by Crippen LogP contribution is -2.50. The maximum atomic E-state index is 12.3. The molecular weight excluding hydrogens is 268 g/mol. The van der Waals surface area contributed by atoms with Crippen molar-refractivity contribution in [3.63, 3.8) is 0 Å². The maximum Gasteiger partial charge on any atom is 0.326 e. The Labute approximate surface area is 127 Å². The summed E-state index contributed by atoms with van der Waals surface area (Å²) >= 11 is 0. The third-order valence-corrected chi connectivity index (χ3v) is 5.09. The van der Waals surface area contributed by atoms with Crippen molar-refractivity contribution in [2.75, 3.05) is 6.54 Å². The van der Waals surface area contributed by atoms with Gasteiger partial charge in [-0.2, -0.15) is 0 Å². The van der Waals surface area contributed by atoms with Gasteiger partial charge in [0.15, 0.2) is 0 Å². The van der Waals surface area contributed by atoms with E-state index in [-0.39, 0.29) is 18.0 Å². The van der Waals surface area contributed by atoms with Gasteiger partial charge in [-0.05, 0) is 43.9 Å². The van der Waals surface area contributed by atoms with Crippen LogP contribution in [0.3, 0.4) is 0 Å². The van der Waals surface area contributed by atoms with Crippen LogP contribution in [-0.2, 0) is 4.79 Å². The molecule has 0 spiro atoms. The van der Waals surface area contributed by atoms with Gasteiger partial charge >= 0.3 is 12.0 Å². The van der Waals surface area contributed by atoms with Crippen LogP contribution in [0.1, 0.15) is 58.8 Å². The number of nitrogens with one attached hydrogen (secondary N) is 1. The Balaban J connectivity index is 1.83. The summed E-state index contributed by atoms with van der Waals surface area (Å²) in [6.45, 7) is 4.67. The Morgan fingerprint density at radius 1 is 1.19 bits per heavy atom. The molecule has 2 rings (SSSR count). The number of hydrogen-bond donors (Lipinski definition) is 2. The predicted octanol–water partition coefficient (Wildman–Crippen LogP) is 2.85. The Hall–Kier alpha value is -1.26. The number of urea groups is 1. The number of nitrogens with zero attached hydrogens (tertiary/aromatic N) is 1. The summed E-state index contributed by atoms with van der Waals surface area (Å²) < 4.78 is 0. The number of carboxylic acids is 1. The second-order valence-corrected chi connectivity index (χ2v) is 6.70. The zero-order valence-corrected chi connectivity index (χ0v) is 13.2. The third kappa shape index (κ3) is 3.89. The van der Waals surface area contributed by atoms with Crippen LogP contribution in [0.5, 0.6) is 0 Å². The molecule has 2 atom stereocenters. The van der Waals surface area contributed by atoms with Crippen LogP contribution in [-0.4, -0.2) is 40.6 Å². The van der Waals surface area contributed by atoms with Crippen LogP contribution in [0, 0.1) is 11.8 Å². The zero-order chi connectivity index (χ0) is 15.4. The smallest absolute Gasteiger partial charge is 0.326 e. The molecule has 0 radical (unpaired) electrons.